The molecular formula is C20H12BrClN2O2S. The minimum atomic E-state index is -0.347. The minimum absolute atomic E-state index is 0.213. The van der Waals surface area contributed by atoms with Crippen LogP contribution in [0.4, 0.5) is 5.13 Å². The summed E-state index contributed by atoms with van der Waals surface area (Å²) in [6.45, 7) is 0. The van der Waals surface area contributed by atoms with Gasteiger partial charge in [-0.2, -0.15) is 0 Å². The highest BCUT2D eigenvalue weighted by Gasteiger charge is 2.15. The predicted molar refractivity (Wildman–Crippen MR) is 112 cm³/mol. The Kier molecular flexibility index (Phi) is 5.11. The second-order valence-electron chi connectivity index (χ2n) is 5.67. The van der Waals surface area contributed by atoms with Crippen molar-refractivity contribution in [1.29, 1.82) is 0 Å². The molecule has 1 N–H and O–H groups in total. The van der Waals surface area contributed by atoms with Crippen molar-refractivity contribution in [2.45, 2.75) is 0 Å². The molecular weight excluding hydrogens is 448 g/mol. The lowest BCUT2D eigenvalue weighted by molar-refractivity contribution is 0.0997. The number of hydrogen-bond donors (Lipinski definition) is 1. The Labute approximate surface area is 173 Å². The minimum Gasteiger partial charge on any atom is -0.451 e. The van der Waals surface area contributed by atoms with Crippen LogP contribution in [0.2, 0.25) is 5.02 Å². The van der Waals surface area contributed by atoms with E-state index < -0.39 is 0 Å². The topological polar surface area (TPSA) is 55.1 Å². The molecule has 0 unspecified atom stereocenters. The van der Waals surface area contributed by atoms with Crippen LogP contribution < -0.4 is 5.32 Å². The smallest absolute Gasteiger partial charge is 0.293 e. The van der Waals surface area contributed by atoms with E-state index >= 15 is 0 Å². The number of benzene rings is 2. The first-order chi connectivity index (χ1) is 13.1. The Hall–Kier alpha value is -2.41. The Bertz CT molecular complexity index is 1110. The molecule has 1 amide bonds. The number of amides is 1. The highest BCUT2D eigenvalue weighted by molar-refractivity contribution is 9.10. The molecule has 4 nitrogen and oxygen atoms in total. The van der Waals surface area contributed by atoms with Gasteiger partial charge in [0.2, 0.25) is 0 Å². The standard InChI is InChI=1S/C20H12BrClN2O2S/c21-14-6-4-12(5-7-14)16-11-27-20(23-16)24-19(25)18-9-8-17(26-18)13-2-1-3-15(22)10-13/h1-11H,(H,23,24,25). The molecule has 0 aliphatic carbocycles. The zero-order chi connectivity index (χ0) is 18.8. The Morgan fingerprint density at radius 1 is 1.07 bits per heavy atom. The Morgan fingerprint density at radius 2 is 1.89 bits per heavy atom. The molecule has 2 aromatic heterocycles. The van der Waals surface area contributed by atoms with E-state index in [-0.39, 0.29) is 11.7 Å². The maximum atomic E-state index is 12.4. The molecule has 134 valence electrons. The fourth-order valence-electron chi connectivity index (χ4n) is 2.50. The predicted octanol–water partition coefficient (Wildman–Crippen LogP) is 6.74. The summed E-state index contributed by atoms with van der Waals surface area (Å²) in [5.41, 5.74) is 2.60. The molecule has 2 aromatic carbocycles. The van der Waals surface area contributed by atoms with Crippen LogP contribution in [0.1, 0.15) is 10.6 Å². The first-order valence-corrected chi connectivity index (χ1v) is 10.0. The van der Waals surface area contributed by atoms with Gasteiger partial charge in [-0.05, 0) is 36.4 Å². The molecule has 0 aliphatic heterocycles. The molecule has 0 radical (unpaired) electrons. The summed E-state index contributed by atoms with van der Waals surface area (Å²) in [6, 6.07) is 18.5. The molecule has 7 heteroatoms. The highest BCUT2D eigenvalue weighted by Crippen LogP contribution is 2.28. The second-order valence-corrected chi connectivity index (χ2v) is 7.88. The molecule has 0 spiro atoms. The van der Waals surface area contributed by atoms with E-state index in [1.165, 1.54) is 11.3 Å². The van der Waals surface area contributed by atoms with Gasteiger partial charge in [0.15, 0.2) is 10.9 Å². The number of nitrogens with one attached hydrogen (secondary N) is 1. The number of rotatable bonds is 4. The number of carbonyl (C=O) groups is 1. The monoisotopic (exact) mass is 458 g/mol. The van der Waals surface area contributed by atoms with E-state index in [4.69, 9.17) is 16.0 Å². The Morgan fingerprint density at radius 3 is 2.67 bits per heavy atom. The summed E-state index contributed by atoms with van der Waals surface area (Å²) in [5.74, 6) is 0.447. The number of nitrogens with zero attached hydrogens (tertiary/aromatic N) is 1. The summed E-state index contributed by atoms with van der Waals surface area (Å²) < 4.78 is 6.67. The van der Waals surface area contributed by atoms with Crippen molar-refractivity contribution in [3.05, 3.63) is 81.3 Å². The van der Waals surface area contributed by atoms with Crippen LogP contribution in [0.5, 0.6) is 0 Å². The zero-order valence-electron chi connectivity index (χ0n) is 13.8. The number of aromatic nitrogens is 1. The molecule has 0 saturated heterocycles. The molecule has 0 saturated carbocycles. The lowest BCUT2D eigenvalue weighted by atomic mass is 10.2. The average molecular weight is 460 g/mol. The Balaban J connectivity index is 1.49. The maximum Gasteiger partial charge on any atom is 0.293 e. The second kappa shape index (κ2) is 7.68. The average Bonchev–Trinajstić information content (AvgIpc) is 3.32. The van der Waals surface area contributed by atoms with Crippen LogP contribution in [0.15, 0.2) is 74.9 Å². The van der Waals surface area contributed by atoms with E-state index in [0.29, 0.717) is 15.9 Å². The normalized spacial score (nSPS) is 10.7. The van der Waals surface area contributed by atoms with E-state index in [9.17, 15) is 4.79 Å². The van der Waals surface area contributed by atoms with Gasteiger partial charge in [-0.15, -0.1) is 11.3 Å². The van der Waals surface area contributed by atoms with Gasteiger partial charge in [-0.3, -0.25) is 10.1 Å². The van der Waals surface area contributed by atoms with Crippen LogP contribution in [0.25, 0.3) is 22.6 Å². The van der Waals surface area contributed by atoms with Gasteiger partial charge in [-0.25, -0.2) is 4.98 Å². The maximum absolute atomic E-state index is 12.4. The van der Waals surface area contributed by atoms with Gasteiger partial charge in [-0.1, -0.05) is 51.8 Å². The van der Waals surface area contributed by atoms with Crippen molar-refractivity contribution in [3.8, 4) is 22.6 Å². The fraction of sp³-hybridized carbons (Fsp3) is 0. The quantitative estimate of drug-likeness (QED) is 0.368. The van der Waals surface area contributed by atoms with Gasteiger partial charge >= 0.3 is 0 Å². The molecule has 2 heterocycles. The van der Waals surface area contributed by atoms with Gasteiger partial charge in [0.25, 0.3) is 5.91 Å². The summed E-state index contributed by atoms with van der Waals surface area (Å²) in [6.07, 6.45) is 0. The molecule has 4 aromatic rings. The summed E-state index contributed by atoms with van der Waals surface area (Å²) >= 11 is 10.8. The largest absolute Gasteiger partial charge is 0.451 e. The van der Waals surface area contributed by atoms with Gasteiger partial charge in [0, 0.05) is 26.0 Å². The number of furan rings is 1. The number of anilines is 1. The van der Waals surface area contributed by atoms with Crippen molar-refractivity contribution >= 4 is 49.9 Å². The number of carbonyl (C=O) groups excluding carboxylic acids is 1. The molecule has 0 atom stereocenters. The number of halogens is 2. The molecule has 27 heavy (non-hydrogen) atoms. The third-order valence-corrected chi connectivity index (χ3v) is 5.33. The van der Waals surface area contributed by atoms with E-state index in [1.807, 2.05) is 41.8 Å². The fourth-order valence-corrected chi connectivity index (χ4v) is 3.67. The third kappa shape index (κ3) is 4.13. The van der Waals surface area contributed by atoms with E-state index in [0.717, 1.165) is 21.3 Å². The van der Waals surface area contributed by atoms with Crippen LogP contribution in [-0.2, 0) is 0 Å². The van der Waals surface area contributed by atoms with Crippen LogP contribution >= 0.6 is 38.9 Å². The third-order valence-electron chi connectivity index (χ3n) is 3.80. The zero-order valence-corrected chi connectivity index (χ0v) is 16.9. The van der Waals surface area contributed by atoms with Gasteiger partial charge in [0.1, 0.15) is 5.76 Å². The summed E-state index contributed by atoms with van der Waals surface area (Å²) in [5, 5.41) is 5.80. The van der Waals surface area contributed by atoms with Gasteiger partial charge in [0.05, 0.1) is 5.69 Å². The first-order valence-electron chi connectivity index (χ1n) is 7.97. The summed E-state index contributed by atoms with van der Waals surface area (Å²) in [4.78, 5) is 16.9. The van der Waals surface area contributed by atoms with E-state index in [2.05, 4.69) is 26.2 Å². The van der Waals surface area contributed by atoms with Crippen molar-refractivity contribution in [1.82, 2.24) is 4.98 Å². The summed E-state index contributed by atoms with van der Waals surface area (Å²) in [7, 11) is 0. The molecule has 0 fully saturated rings. The number of hydrogen-bond acceptors (Lipinski definition) is 4. The SMILES string of the molecule is O=C(Nc1nc(-c2ccc(Br)cc2)cs1)c1ccc(-c2cccc(Cl)c2)o1. The number of thiazole rings is 1. The molecule has 4 rings (SSSR count). The highest BCUT2D eigenvalue weighted by atomic mass is 79.9. The lowest BCUT2D eigenvalue weighted by Gasteiger charge is -2.00. The van der Waals surface area contributed by atoms with Crippen molar-refractivity contribution < 1.29 is 9.21 Å². The van der Waals surface area contributed by atoms with E-state index in [1.54, 1.807) is 24.3 Å². The van der Waals surface area contributed by atoms with Crippen molar-refractivity contribution in [2.24, 2.45) is 0 Å². The van der Waals surface area contributed by atoms with Crippen LogP contribution in [-0.4, -0.2) is 10.9 Å². The molecule has 0 aliphatic rings. The van der Waals surface area contributed by atoms with Crippen LogP contribution in [0, 0.1) is 0 Å². The first kappa shape index (κ1) is 18.0. The molecule has 0 bridgehead atoms. The van der Waals surface area contributed by atoms with Crippen LogP contribution in [0.3, 0.4) is 0 Å². The van der Waals surface area contributed by atoms with Crippen molar-refractivity contribution in [3.63, 3.8) is 0 Å². The van der Waals surface area contributed by atoms with Gasteiger partial charge < -0.3 is 4.42 Å². The lowest BCUT2D eigenvalue weighted by Crippen LogP contribution is -2.10. The van der Waals surface area contributed by atoms with Crippen molar-refractivity contribution in [2.75, 3.05) is 5.32 Å².